The number of amidine groups is 1. The lowest BCUT2D eigenvalue weighted by atomic mass is 10.1. The molecule has 0 saturated carbocycles. The Morgan fingerprint density at radius 2 is 1.89 bits per heavy atom. The van der Waals surface area contributed by atoms with E-state index in [1.807, 2.05) is 14.0 Å². The fraction of sp³-hybridized carbons (Fsp3) is 0.462. The van der Waals surface area contributed by atoms with Crippen molar-refractivity contribution in [1.29, 1.82) is 5.41 Å². The fourth-order valence-corrected chi connectivity index (χ4v) is 2.27. The van der Waals surface area contributed by atoms with Crippen molar-refractivity contribution in [3.63, 3.8) is 0 Å². The Kier molecular flexibility index (Phi) is 3.71. The first kappa shape index (κ1) is 13.7. The molecule has 1 aromatic rings. The van der Waals surface area contributed by atoms with Crippen LogP contribution in [0.1, 0.15) is 12.5 Å². The molecule has 1 heterocycles. The number of rotatable bonds is 2. The van der Waals surface area contributed by atoms with Gasteiger partial charge in [0, 0.05) is 31.2 Å². The van der Waals surface area contributed by atoms with Crippen molar-refractivity contribution in [3.8, 4) is 0 Å². The number of hydrogen-bond donors (Lipinski definition) is 2. The molecule has 1 unspecified atom stereocenters. The van der Waals surface area contributed by atoms with Gasteiger partial charge in [-0.25, -0.2) is 8.78 Å². The molecule has 1 aliphatic heterocycles. The predicted molar refractivity (Wildman–Crippen MR) is 71.7 cm³/mol. The number of halogens is 2. The van der Waals surface area contributed by atoms with Crippen molar-refractivity contribution in [2.75, 3.05) is 31.6 Å². The third-order valence-electron chi connectivity index (χ3n) is 3.60. The van der Waals surface area contributed by atoms with Crippen LogP contribution in [0.15, 0.2) is 12.1 Å². The highest BCUT2D eigenvalue weighted by atomic mass is 19.1. The van der Waals surface area contributed by atoms with Gasteiger partial charge in [-0.3, -0.25) is 5.41 Å². The Balaban J connectivity index is 2.33. The largest absolute Gasteiger partial charge is 0.384 e. The van der Waals surface area contributed by atoms with Crippen LogP contribution in [0, 0.1) is 17.0 Å². The van der Waals surface area contributed by atoms with E-state index in [0.29, 0.717) is 13.1 Å². The Morgan fingerprint density at radius 3 is 2.37 bits per heavy atom. The normalized spacial score (nSPS) is 20.6. The molecule has 3 N–H and O–H groups in total. The van der Waals surface area contributed by atoms with Crippen LogP contribution in [0.25, 0.3) is 0 Å². The van der Waals surface area contributed by atoms with Gasteiger partial charge in [0.2, 0.25) is 0 Å². The molecule has 1 saturated heterocycles. The second kappa shape index (κ2) is 5.13. The molecule has 2 rings (SSSR count). The van der Waals surface area contributed by atoms with Crippen molar-refractivity contribution in [1.82, 2.24) is 4.90 Å². The average Bonchev–Trinajstić information content (AvgIpc) is 2.32. The fourth-order valence-electron chi connectivity index (χ4n) is 2.27. The first-order valence-corrected chi connectivity index (χ1v) is 6.18. The lowest BCUT2D eigenvalue weighted by Gasteiger charge is -2.39. The van der Waals surface area contributed by atoms with Crippen LogP contribution in [-0.2, 0) is 0 Å². The number of benzene rings is 1. The zero-order valence-electron chi connectivity index (χ0n) is 11.1. The summed E-state index contributed by atoms with van der Waals surface area (Å²) in [5, 5.41) is 7.23. The zero-order valence-corrected chi connectivity index (χ0v) is 11.1. The van der Waals surface area contributed by atoms with Gasteiger partial charge in [-0.15, -0.1) is 0 Å². The molecule has 0 bridgehead atoms. The van der Waals surface area contributed by atoms with Gasteiger partial charge < -0.3 is 15.5 Å². The summed E-state index contributed by atoms with van der Waals surface area (Å²) in [5.41, 5.74) is 5.30. The lowest BCUT2D eigenvalue weighted by molar-refractivity contribution is 0.232. The third-order valence-corrected chi connectivity index (χ3v) is 3.60. The molecule has 0 aromatic heterocycles. The van der Waals surface area contributed by atoms with Crippen LogP contribution in [-0.4, -0.2) is 43.5 Å². The van der Waals surface area contributed by atoms with E-state index in [0.717, 1.165) is 18.7 Å². The number of likely N-dealkylation sites (N-methyl/N-ethyl adjacent to an activating group) is 1. The molecule has 0 amide bonds. The van der Waals surface area contributed by atoms with E-state index in [9.17, 15) is 8.78 Å². The maximum absolute atomic E-state index is 14.0. The number of piperazine rings is 1. The molecule has 4 nitrogen and oxygen atoms in total. The van der Waals surface area contributed by atoms with Gasteiger partial charge in [-0.1, -0.05) is 0 Å². The lowest BCUT2D eigenvalue weighted by Crippen LogP contribution is -2.50. The second-order valence-corrected chi connectivity index (χ2v) is 4.98. The highest BCUT2D eigenvalue weighted by molar-refractivity contribution is 5.95. The van der Waals surface area contributed by atoms with Crippen LogP contribution >= 0.6 is 0 Å². The van der Waals surface area contributed by atoms with E-state index in [-0.39, 0.29) is 23.1 Å². The highest BCUT2D eigenvalue weighted by Crippen LogP contribution is 2.26. The minimum atomic E-state index is -0.665. The Hall–Kier alpha value is -1.69. The van der Waals surface area contributed by atoms with Crippen molar-refractivity contribution in [2.24, 2.45) is 5.73 Å². The maximum Gasteiger partial charge on any atom is 0.150 e. The summed E-state index contributed by atoms with van der Waals surface area (Å²) in [6, 6.07) is 2.47. The number of nitrogen functional groups attached to an aromatic ring is 1. The number of nitrogens with one attached hydrogen (secondary N) is 1. The Morgan fingerprint density at radius 1 is 1.32 bits per heavy atom. The minimum Gasteiger partial charge on any atom is -0.384 e. The standard InChI is InChI=1S/C13H18F2N4/c1-8-7-19(4-3-18(8)2)12-10(14)5-9(13(16)17)6-11(12)15/h5-6,8H,3-4,7H2,1-2H3,(H3,16,17). The van der Waals surface area contributed by atoms with Crippen LogP contribution in [0.5, 0.6) is 0 Å². The monoisotopic (exact) mass is 268 g/mol. The SMILES string of the molecule is CC1CN(c2c(F)cc(C(=N)N)cc2F)CCN1C. The van der Waals surface area contributed by atoms with Gasteiger partial charge in [0.25, 0.3) is 0 Å². The maximum atomic E-state index is 14.0. The summed E-state index contributed by atoms with van der Waals surface area (Å²) in [6.07, 6.45) is 0. The molecule has 104 valence electrons. The van der Waals surface area contributed by atoms with Crippen molar-refractivity contribution >= 4 is 11.5 Å². The smallest absolute Gasteiger partial charge is 0.150 e. The summed E-state index contributed by atoms with van der Waals surface area (Å²) >= 11 is 0. The molecule has 1 aromatic carbocycles. The van der Waals surface area contributed by atoms with E-state index in [2.05, 4.69) is 4.90 Å². The quantitative estimate of drug-likeness (QED) is 0.629. The second-order valence-electron chi connectivity index (χ2n) is 4.98. The Labute approximate surface area is 111 Å². The van der Waals surface area contributed by atoms with Crippen LogP contribution in [0.4, 0.5) is 14.5 Å². The first-order chi connectivity index (χ1) is 8.90. The van der Waals surface area contributed by atoms with E-state index in [1.54, 1.807) is 4.90 Å². The van der Waals surface area contributed by atoms with Crippen molar-refractivity contribution < 1.29 is 8.78 Å². The molecule has 1 atom stereocenters. The topological polar surface area (TPSA) is 56.4 Å². The summed E-state index contributed by atoms with van der Waals surface area (Å²) < 4.78 is 28.1. The van der Waals surface area contributed by atoms with E-state index < -0.39 is 11.6 Å². The summed E-state index contributed by atoms with van der Waals surface area (Å²) in [4.78, 5) is 3.86. The number of nitrogens with two attached hydrogens (primary N) is 1. The third kappa shape index (κ3) is 2.68. The average molecular weight is 268 g/mol. The van der Waals surface area contributed by atoms with Gasteiger partial charge in [-0.2, -0.15) is 0 Å². The number of hydrogen-bond acceptors (Lipinski definition) is 3. The molecular formula is C13H18F2N4. The molecular weight excluding hydrogens is 250 g/mol. The first-order valence-electron chi connectivity index (χ1n) is 6.18. The molecule has 6 heteroatoms. The predicted octanol–water partition coefficient (Wildman–Crippen LogP) is 1.39. The molecule has 0 radical (unpaired) electrons. The number of nitrogens with zero attached hydrogens (tertiary/aromatic N) is 2. The van der Waals surface area contributed by atoms with Gasteiger partial charge in [0.1, 0.15) is 23.2 Å². The molecule has 0 spiro atoms. The highest BCUT2D eigenvalue weighted by Gasteiger charge is 2.25. The Bertz CT molecular complexity index is 480. The van der Waals surface area contributed by atoms with Gasteiger partial charge >= 0.3 is 0 Å². The molecule has 1 fully saturated rings. The van der Waals surface area contributed by atoms with Crippen LogP contribution in [0.2, 0.25) is 0 Å². The van der Waals surface area contributed by atoms with Gasteiger partial charge in [0.15, 0.2) is 0 Å². The van der Waals surface area contributed by atoms with Crippen molar-refractivity contribution in [2.45, 2.75) is 13.0 Å². The van der Waals surface area contributed by atoms with Crippen LogP contribution < -0.4 is 10.6 Å². The summed E-state index contributed by atoms with van der Waals surface area (Å²) in [7, 11) is 1.99. The van der Waals surface area contributed by atoms with E-state index >= 15 is 0 Å². The minimum absolute atomic E-state index is 0.0232. The van der Waals surface area contributed by atoms with Crippen molar-refractivity contribution in [3.05, 3.63) is 29.3 Å². The summed E-state index contributed by atoms with van der Waals surface area (Å²) in [6.45, 7) is 3.93. The molecule has 19 heavy (non-hydrogen) atoms. The van der Waals surface area contributed by atoms with E-state index in [1.165, 1.54) is 0 Å². The van der Waals surface area contributed by atoms with Gasteiger partial charge in [0.05, 0.1) is 0 Å². The van der Waals surface area contributed by atoms with Crippen LogP contribution in [0.3, 0.4) is 0 Å². The summed E-state index contributed by atoms with van der Waals surface area (Å²) in [5.74, 6) is -1.67. The molecule has 1 aliphatic rings. The number of anilines is 1. The molecule has 0 aliphatic carbocycles. The van der Waals surface area contributed by atoms with Gasteiger partial charge in [-0.05, 0) is 26.1 Å². The zero-order chi connectivity index (χ0) is 14.2. The van der Waals surface area contributed by atoms with E-state index in [4.69, 9.17) is 11.1 Å².